The van der Waals surface area contributed by atoms with Crippen LogP contribution in [0.2, 0.25) is 0 Å². The monoisotopic (exact) mass is 261 g/mol. The average Bonchev–Trinajstić information content (AvgIpc) is 3.23. The number of pyridine rings is 1. The Bertz CT molecular complexity index is 441. The molecule has 0 unspecified atom stereocenters. The van der Waals surface area contributed by atoms with Gasteiger partial charge < -0.3 is 10.6 Å². The predicted molar refractivity (Wildman–Crippen MR) is 77.3 cm³/mol. The van der Waals surface area contributed by atoms with Crippen molar-refractivity contribution < 1.29 is 4.79 Å². The molecule has 1 amide bonds. The Morgan fingerprint density at radius 3 is 2.79 bits per heavy atom. The molecule has 1 heterocycles. The molecule has 0 radical (unpaired) electrons. The van der Waals surface area contributed by atoms with Gasteiger partial charge in [-0.3, -0.25) is 4.79 Å². The van der Waals surface area contributed by atoms with Crippen LogP contribution in [-0.4, -0.2) is 24.0 Å². The van der Waals surface area contributed by atoms with Crippen molar-refractivity contribution in [2.24, 2.45) is 5.41 Å². The first-order valence-corrected chi connectivity index (χ1v) is 7.18. The normalized spacial score (nSPS) is 15.9. The van der Waals surface area contributed by atoms with Crippen LogP contribution in [0.1, 0.15) is 50.0 Å². The van der Waals surface area contributed by atoms with E-state index in [4.69, 9.17) is 0 Å². The molecule has 2 N–H and O–H groups in total. The molecule has 0 bridgehead atoms. The first-order chi connectivity index (χ1) is 9.19. The summed E-state index contributed by atoms with van der Waals surface area (Å²) in [6, 6.07) is 5.52. The van der Waals surface area contributed by atoms with E-state index in [1.54, 1.807) is 6.07 Å². The Balaban J connectivity index is 1.91. The van der Waals surface area contributed by atoms with Crippen molar-refractivity contribution in [1.82, 2.24) is 10.3 Å². The van der Waals surface area contributed by atoms with E-state index in [1.807, 2.05) is 12.1 Å². The molecule has 4 heteroatoms. The van der Waals surface area contributed by atoms with Crippen LogP contribution in [0.25, 0.3) is 0 Å². The third kappa shape index (κ3) is 3.69. The minimum absolute atomic E-state index is 0.0696. The summed E-state index contributed by atoms with van der Waals surface area (Å²) in [5.41, 5.74) is 0.862. The Kier molecular flexibility index (Phi) is 4.40. The van der Waals surface area contributed by atoms with Crippen LogP contribution in [-0.2, 0) is 0 Å². The number of aromatic nitrogens is 1. The summed E-state index contributed by atoms with van der Waals surface area (Å²) < 4.78 is 0. The molecule has 1 aliphatic rings. The van der Waals surface area contributed by atoms with Crippen LogP contribution < -0.4 is 10.6 Å². The van der Waals surface area contributed by atoms with Gasteiger partial charge in [-0.1, -0.05) is 19.9 Å². The first kappa shape index (κ1) is 13.8. The van der Waals surface area contributed by atoms with Crippen LogP contribution >= 0.6 is 0 Å². The maximum absolute atomic E-state index is 12.1. The van der Waals surface area contributed by atoms with Gasteiger partial charge in [-0.05, 0) is 43.2 Å². The lowest BCUT2D eigenvalue weighted by molar-refractivity contribution is 0.0939. The fourth-order valence-corrected chi connectivity index (χ4v) is 2.10. The number of carbonyl (C=O) groups excluding carboxylic acids is 1. The van der Waals surface area contributed by atoms with Gasteiger partial charge in [0.05, 0.1) is 0 Å². The van der Waals surface area contributed by atoms with Gasteiger partial charge in [-0.15, -0.1) is 0 Å². The summed E-state index contributed by atoms with van der Waals surface area (Å²) in [5, 5.41) is 6.20. The highest BCUT2D eigenvalue weighted by atomic mass is 16.1. The summed E-state index contributed by atoms with van der Waals surface area (Å²) in [6.45, 7) is 5.93. The second-order valence-electron chi connectivity index (χ2n) is 5.37. The Morgan fingerprint density at radius 2 is 2.16 bits per heavy atom. The summed E-state index contributed by atoms with van der Waals surface area (Å²) in [7, 11) is 0. The number of carbonyl (C=O) groups is 1. The van der Waals surface area contributed by atoms with Gasteiger partial charge in [0.1, 0.15) is 11.5 Å². The standard InChI is InChI=1S/C15H23N3O/c1-3-10-16-13-7-5-6-12(18-13)14(19)17-11-15(4-2)8-9-15/h5-7H,3-4,8-11H2,1-2H3,(H,16,18)(H,17,19). The summed E-state index contributed by atoms with van der Waals surface area (Å²) in [4.78, 5) is 16.4. The third-order valence-electron chi connectivity index (χ3n) is 3.87. The van der Waals surface area contributed by atoms with E-state index >= 15 is 0 Å². The molecule has 19 heavy (non-hydrogen) atoms. The van der Waals surface area contributed by atoms with Crippen molar-refractivity contribution >= 4 is 11.7 Å². The van der Waals surface area contributed by atoms with Gasteiger partial charge in [0.25, 0.3) is 5.91 Å². The maximum Gasteiger partial charge on any atom is 0.269 e. The Labute approximate surface area is 115 Å². The van der Waals surface area contributed by atoms with Gasteiger partial charge in [0.15, 0.2) is 0 Å². The molecule has 0 saturated heterocycles. The van der Waals surface area contributed by atoms with E-state index in [2.05, 4.69) is 29.5 Å². The van der Waals surface area contributed by atoms with Crippen molar-refractivity contribution in [3.63, 3.8) is 0 Å². The maximum atomic E-state index is 12.1. The summed E-state index contributed by atoms with van der Waals surface area (Å²) in [6.07, 6.45) is 4.64. The van der Waals surface area contributed by atoms with E-state index in [0.29, 0.717) is 11.1 Å². The highest BCUT2D eigenvalue weighted by Crippen LogP contribution is 2.47. The van der Waals surface area contributed by atoms with E-state index in [9.17, 15) is 4.79 Å². The topological polar surface area (TPSA) is 54.0 Å². The van der Waals surface area contributed by atoms with E-state index in [-0.39, 0.29) is 5.91 Å². The van der Waals surface area contributed by atoms with Gasteiger partial charge in [-0.25, -0.2) is 4.98 Å². The molecule has 0 aliphatic heterocycles. The molecule has 0 spiro atoms. The first-order valence-electron chi connectivity index (χ1n) is 7.18. The predicted octanol–water partition coefficient (Wildman–Crippen LogP) is 2.82. The van der Waals surface area contributed by atoms with Crippen LogP contribution in [0.4, 0.5) is 5.82 Å². The lowest BCUT2D eigenvalue weighted by atomic mass is 10.0. The van der Waals surface area contributed by atoms with Crippen molar-refractivity contribution in [3.05, 3.63) is 23.9 Å². The highest BCUT2D eigenvalue weighted by molar-refractivity contribution is 5.92. The molecule has 4 nitrogen and oxygen atoms in total. The lowest BCUT2D eigenvalue weighted by Crippen LogP contribution is -2.30. The summed E-state index contributed by atoms with van der Waals surface area (Å²) >= 11 is 0. The number of hydrogen-bond donors (Lipinski definition) is 2. The number of rotatable bonds is 7. The van der Waals surface area contributed by atoms with Crippen molar-refractivity contribution in [2.45, 2.75) is 39.5 Å². The Morgan fingerprint density at radius 1 is 1.37 bits per heavy atom. The van der Waals surface area contributed by atoms with Crippen molar-refractivity contribution in [3.8, 4) is 0 Å². The molecular formula is C15H23N3O. The molecule has 1 aliphatic carbocycles. The third-order valence-corrected chi connectivity index (χ3v) is 3.87. The van der Waals surface area contributed by atoms with Crippen molar-refractivity contribution in [2.75, 3.05) is 18.4 Å². The zero-order chi connectivity index (χ0) is 13.7. The molecule has 1 aromatic rings. The Hall–Kier alpha value is -1.58. The zero-order valence-corrected chi connectivity index (χ0v) is 11.8. The highest BCUT2D eigenvalue weighted by Gasteiger charge is 2.40. The molecule has 0 aromatic carbocycles. The van der Waals surface area contributed by atoms with Gasteiger partial charge in [0.2, 0.25) is 0 Å². The largest absolute Gasteiger partial charge is 0.370 e. The number of nitrogens with zero attached hydrogens (tertiary/aromatic N) is 1. The molecule has 104 valence electrons. The zero-order valence-electron chi connectivity index (χ0n) is 11.8. The fourth-order valence-electron chi connectivity index (χ4n) is 2.10. The molecule has 1 saturated carbocycles. The SMILES string of the molecule is CCCNc1cccc(C(=O)NCC2(CC)CC2)n1. The van der Waals surface area contributed by atoms with Gasteiger partial charge >= 0.3 is 0 Å². The van der Waals surface area contributed by atoms with Gasteiger partial charge in [0, 0.05) is 13.1 Å². The van der Waals surface area contributed by atoms with Crippen molar-refractivity contribution in [1.29, 1.82) is 0 Å². The molecule has 1 fully saturated rings. The van der Waals surface area contributed by atoms with Crippen LogP contribution in [0.15, 0.2) is 18.2 Å². The lowest BCUT2D eigenvalue weighted by Gasteiger charge is -2.13. The fraction of sp³-hybridized carbons (Fsp3) is 0.600. The van der Waals surface area contributed by atoms with Crippen LogP contribution in [0.3, 0.4) is 0 Å². The average molecular weight is 261 g/mol. The molecule has 0 atom stereocenters. The van der Waals surface area contributed by atoms with E-state index in [0.717, 1.165) is 31.7 Å². The quantitative estimate of drug-likeness (QED) is 0.793. The second kappa shape index (κ2) is 6.04. The molecule has 1 aromatic heterocycles. The van der Waals surface area contributed by atoms with Gasteiger partial charge in [-0.2, -0.15) is 0 Å². The van der Waals surface area contributed by atoms with E-state index in [1.165, 1.54) is 12.8 Å². The molecule has 2 rings (SSSR count). The number of hydrogen-bond acceptors (Lipinski definition) is 3. The molecular weight excluding hydrogens is 238 g/mol. The summed E-state index contributed by atoms with van der Waals surface area (Å²) in [5.74, 6) is 0.700. The van der Waals surface area contributed by atoms with Crippen LogP contribution in [0.5, 0.6) is 0 Å². The number of nitrogens with one attached hydrogen (secondary N) is 2. The minimum Gasteiger partial charge on any atom is -0.370 e. The number of amides is 1. The second-order valence-corrected chi connectivity index (χ2v) is 5.37. The minimum atomic E-state index is -0.0696. The van der Waals surface area contributed by atoms with Crippen LogP contribution in [0, 0.1) is 5.41 Å². The smallest absolute Gasteiger partial charge is 0.269 e. The number of anilines is 1. The van der Waals surface area contributed by atoms with E-state index < -0.39 is 0 Å².